The average molecular weight is 318 g/mol. The van der Waals surface area contributed by atoms with E-state index in [4.69, 9.17) is 0 Å². The second kappa shape index (κ2) is 5.68. The molecule has 2 unspecified atom stereocenters. The average Bonchev–Trinajstić information content (AvgIpc) is 2.66. The highest BCUT2D eigenvalue weighted by Gasteiger charge is 2.53. The van der Waals surface area contributed by atoms with E-state index in [2.05, 4.69) is 5.32 Å². The SMILES string of the molecule is Cc1ccc(C2(C)NC(=O)N(C(C(=O)O)C(C)C)C2=O)cc1C. The molecule has 1 aliphatic heterocycles. The normalized spacial score (nSPS) is 22.4. The molecule has 0 bridgehead atoms. The number of aliphatic carboxylic acids is 1. The van der Waals surface area contributed by atoms with Crippen LogP contribution >= 0.6 is 0 Å². The number of rotatable bonds is 4. The summed E-state index contributed by atoms with van der Waals surface area (Å²) >= 11 is 0. The summed E-state index contributed by atoms with van der Waals surface area (Å²) in [6.07, 6.45) is 0. The van der Waals surface area contributed by atoms with Crippen molar-refractivity contribution in [3.8, 4) is 0 Å². The molecule has 0 saturated carbocycles. The van der Waals surface area contributed by atoms with E-state index >= 15 is 0 Å². The van der Waals surface area contributed by atoms with Crippen molar-refractivity contribution >= 4 is 17.9 Å². The van der Waals surface area contributed by atoms with E-state index in [1.807, 2.05) is 26.0 Å². The zero-order chi connectivity index (χ0) is 17.5. The van der Waals surface area contributed by atoms with Gasteiger partial charge in [-0.15, -0.1) is 0 Å². The number of urea groups is 1. The lowest BCUT2D eigenvalue weighted by atomic mass is 9.89. The number of aryl methyl sites for hydroxylation is 2. The van der Waals surface area contributed by atoms with E-state index in [0.29, 0.717) is 5.56 Å². The fourth-order valence-corrected chi connectivity index (χ4v) is 2.86. The number of carboxylic acid groups (broad SMARTS) is 1. The third kappa shape index (κ3) is 2.69. The molecule has 124 valence electrons. The molecular formula is C17H22N2O4. The Labute approximate surface area is 135 Å². The lowest BCUT2D eigenvalue weighted by molar-refractivity contribution is -0.149. The van der Waals surface area contributed by atoms with Crippen LogP contribution < -0.4 is 5.32 Å². The van der Waals surface area contributed by atoms with Crippen LogP contribution in [0.1, 0.15) is 37.5 Å². The van der Waals surface area contributed by atoms with Crippen molar-refractivity contribution in [2.24, 2.45) is 5.92 Å². The number of carbonyl (C=O) groups excluding carboxylic acids is 2. The van der Waals surface area contributed by atoms with Crippen molar-refractivity contribution in [2.75, 3.05) is 0 Å². The molecule has 0 aromatic heterocycles. The van der Waals surface area contributed by atoms with Crippen LogP contribution in [0.4, 0.5) is 4.79 Å². The highest BCUT2D eigenvalue weighted by molar-refractivity contribution is 6.09. The molecule has 6 nitrogen and oxygen atoms in total. The van der Waals surface area contributed by atoms with Gasteiger partial charge in [-0.2, -0.15) is 0 Å². The summed E-state index contributed by atoms with van der Waals surface area (Å²) in [7, 11) is 0. The Balaban J connectivity index is 2.47. The van der Waals surface area contributed by atoms with Crippen molar-refractivity contribution in [1.29, 1.82) is 0 Å². The van der Waals surface area contributed by atoms with E-state index in [9.17, 15) is 19.5 Å². The monoisotopic (exact) mass is 318 g/mol. The van der Waals surface area contributed by atoms with E-state index in [1.165, 1.54) is 0 Å². The van der Waals surface area contributed by atoms with Crippen molar-refractivity contribution < 1.29 is 19.5 Å². The molecule has 1 fully saturated rings. The zero-order valence-corrected chi connectivity index (χ0v) is 14.0. The summed E-state index contributed by atoms with van der Waals surface area (Å²) in [4.78, 5) is 37.5. The fourth-order valence-electron chi connectivity index (χ4n) is 2.86. The molecule has 2 atom stereocenters. The molecule has 1 aromatic rings. The molecule has 1 aliphatic rings. The maximum atomic E-state index is 12.9. The molecule has 2 rings (SSSR count). The van der Waals surface area contributed by atoms with E-state index in [0.717, 1.165) is 16.0 Å². The predicted molar refractivity (Wildman–Crippen MR) is 84.9 cm³/mol. The molecule has 0 spiro atoms. The Morgan fingerprint density at radius 1 is 1.22 bits per heavy atom. The maximum Gasteiger partial charge on any atom is 0.327 e. The van der Waals surface area contributed by atoms with Crippen molar-refractivity contribution in [3.05, 3.63) is 34.9 Å². The first-order chi connectivity index (χ1) is 10.6. The highest BCUT2D eigenvalue weighted by Crippen LogP contribution is 2.32. The summed E-state index contributed by atoms with van der Waals surface area (Å²) in [5.74, 6) is -2.11. The molecule has 2 N–H and O–H groups in total. The standard InChI is InChI=1S/C17H22N2O4/c1-9(2)13(14(20)21)19-15(22)17(5,18-16(19)23)12-7-6-10(3)11(4)8-12/h6-9,13H,1-5H3,(H,18,23)(H,20,21). The van der Waals surface area contributed by atoms with Crippen molar-refractivity contribution in [1.82, 2.24) is 10.2 Å². The summed E-state index contributed by atoms with van der Waals surface area (Å²) < 4.78 is 0. The predicted octanol–water partition coefficient (Wildman–Crippen LogP) is 2.18. The number of carbonyl (C=O) groups is 3. The quantitative estimate of drug-likeness (QED) is 0.833. The van der Waals surface area contributed by atoms with Crippen LogP contribution in [0.25, 0.3) is 0 Å². The first-order valence-corrected chi connectivity index (χ1v) is 7.56. The van der Waals surface area contributed by atoms with Gasteiger partial charge in [0.25, 0.3) is 5.91 Å². The number of benzene rings is 1. The van der Waals surface area contributed by atoms with Crippen LogP contribution in [0, 0.1) is 19.8 Å². The van der Waals surface area contributed by atoms with Gasteiger partial charge in [-0.1, -0.05) is 32.0 Å². The Bertz CT molecular complexity index is 683. The molecule has 0 radical (unpaired) electrons. The van der Waals surface area contributed by atoms with Crippen LogP contribution in [0.2, 0.25) is 0 Å². The minimum atomic E-state index is -1.25. The minimum Gasteiger partial charge on any atom is -0.480 e. The smallest absolute Gasteiger partial charge is 0.327 e. The van der Waals surface area contributed by atoms with Gasteiger partial charge in [0, 0.05) is 0 Å². The Kier molecular flexibility index (Phi) is 4.20. The molecule has 1 aromatic carbocycles. The van der Waals surface area contributed by atoms with Crippen LogP contribution in [-0.2, 0) is 15.1 Å². The van der Waals surface area contributed by atoms with Gasteiger partial charge in [-0.05, 0) is 43.4 Å². The third-order valence-electron chi connectivity index (χ3n) is 4.47. The second-order valence-corrected chi connectivity index (χ2v) is 6.56. The first-order valence-electron chi connectivity index (χ1n) is 7.56. The summed E-state index contributed by atoms with van der Waals surface area (Å²) in [6, 6.07) is 3.67. The summed E-state index contributed by atoms with van der Waals surface area (Å²) in [6.45, 7) is 8.84. The van der Waals surface area contributed by atoms with Gasteiger partial charge in [-0.25, -0.2) is 14.5 Å². The Morgan fingerprint density at radius 3 is 2.30 bits per heavy atom. The third-order valence-corrected chi connectivity index (χ3v) is 4.47. The van der Waals surface area contributed by atoms with Crippen LogP contribution in [0.5, 0.6) is 0 Å². The van der Waals surface area contributed by atoms with Gasteiger partial charge < -0.3 is 10.4 Å². The molecular weight excluding hydrogens is 296 g/mol. The molecule has 6 heteroatoms. The van der Waals surface area contributed by atoms with Gasteiger partial charge in [0.15, 0.2) is 0 Å². The van der Waals surface area contributed by atoms with Gasteiger partial charge in [-0.3, -0.25) is 4.79 Å². The van der Waals surface area contributed by atoms with Gasteiger partial charge >= 0.3 is 12.0 Å². The first kappa shape index (κ1) is 17.0. The molecule has 23 heavy (non-hydrogen) atoms. The van der Waals surface area contributed by atoms with E-state index < -0.39 is 29.5 Å². The molecule has 1 heterocycles. The van der Waals surface area contributed by atoms with Gasteiger partial charge in [0.1, 0.15) is 11.6 Å². The number of hydrogen-bond acceptors (Lipinski definition) is 3. The van der Waals surface area contributed by atoms with Crippen LogP contribution in [-0.4, -0.2) is 34.0 Å². The van der Waals surface area contributed by atoms with Crippen LogP contribution in [0.15, 0.2) is 18.2 Å². The largest absolute Gasteiger partial charge is 0.480 e. The Morgan fingerprint density at radius 2 is 1.83 bits per heavy atom. The molecule has 0 aliphatic carbocycles. The van der Waals surface area contributed by atoms with Gasteiger partial charge in [0.05, 0.1) is 0 Å². The number of nitrogens with zero attached hydrogens (tertiary/aromatic N) is 1. The number of amides is 3. The lowest BCUT2D eigenvalue weighted by Gasteiger charge is -2.27. The fraction of sp³-hybridized carbons (Fsp3) is 0.471. The summed E-state index contributed by atoms with van der Waals surface area (Å²) in [5, 5.41) is 12.0. The molecule has 3 amide bonds. The number of hydrogen-bond donors (Lipinski definition) is 2. The Hall–Kier alpha value is -2.37. The summed E-state index contributed by atoms with van der Waals surface area (Å²) in [5.41, 5.74) is 1.48. The van der Waals surface area contributed by atoms with Crippen molar-refractivity contribution in [2.45, 2.75) is 46.2 Å². The van der Waals surface area contributed by atoms with Crippen LogP contribution in [0.3, 0.4) is 0 Å². The maximum absolute atomic E-state index is 12.9. The van der Waals surface area contributed by atoms with Crippen molar-refractivity contribution in [3.63, 3.8) is 0 Å². The highest BCUT2D eigenvalue weighted by atomic mass is 16.4. The number of nitrogens with one attached hydrogen (secondary N) is 1. The molecule has 1 saturated heterocycles. The lowest BCUT2D eigenvalue weighted by Crippen LogP contribution is -2.49. The number of imide groups is 1. The zero-order valence-electron chi connectivity index (χ0n) is 14.0. The second-order valence-electron chi connectivity index (χ2n) is 6.56. The van der Waals surface area contributed by atoms with E-state index in [1.54, 1.807) is 26.8 Å². The minimum absolute atomic E-state index is 0.385. The number of carboxylic acids is 1. The van der Waals surface area contributed by atoms with Gasteiger partial charge in [0.2, 0.25) is 0 Å². The van der Waals surface area contributed by atoms with E-state index in [-0.39, 0.29) is 5.92 Å². The topological polar surface area (TPSA) is 86.7 Å².